The van der Waals surface area contributed by atoms with E-state index in [0.717, 1.165) is 16.6 Å². The van der Waals surface area contributed by atoms with Gasteiger partial charge in [-0.25, -0.2) is 4.98 Å². The highest BCUT2D eigenvalue weighted by Crippen LogP contribution is 2.31. The third-order valence-corrected chi connectivity index (χ3v) is 5.54. The van der Waals surface area contributed by atoms with Crippen LogP contribution in [0.5, 0.6) is 11.5 Å². The van der Waals surface area contributed by atoms with E-state index in [1.807, 2.05) is 25.1 Å². The summed E-state index contributed by atoms with van der Waals surface area (Å²) in [7, 11) is 0. The molecule has 160 valence electrons. The molecule has 1 aliphatic rings. The van der Waals surface area contributed by atoms with Crippen molar-refractivity contribution in [3.63, 3.8) is 0 Å². The molecule has 0 radical (unpaired) electrons. The van der Waals surface area contributed by atoms with Gasteiger partial charge in [-0.05, 0) is 55.0 Å². The second-order valence-corrected chi connectivity index (χ2v) is 8.21. The number of amides is 2. The van der Waals surface area contributed by atoms with Crippen molar-refractivity contribution in [3.8, 4) is 11.5 Å². The lowest BCUT2D eigenvalue weighted by atomic mass is 10.2. The Morgan fingerprint density at radius 1 is 1.10 bits per heavy atom. The molecule has 10 heteroatoms. The van der Waals surface area contributed by atoms with Gasteiger partial charge in [-0.2, -0.15) is 0 Å². The van der Waals surface area contributed by atoms with Gasteiger partial charge in [0, 0.05) is 17.7 Å². The fourth-order valence-electron chi connectivity index (χ4n) is 2.99. The Morgan fingerprint density at radius 2 is 1.90 bits per heavy atom. The van der Waals surface area contributed by atoms with Crippen molar-refractivity contribution >= 4 is 61.5 Å². The standard InChI is InChI=1S/C21H20N4O4S2/c1-2-3-18(26)24-21-23-14-6-5-13(11-17(14)31-21)22-20(30)25-19(27)12-4-7-15-16(10-12)29-9-8-28-15/h4-7,10-11H,2-3,8-9H2,1H3,(H,23,24,26)(H2,22,25,27,30). The minimum atomic E-state index is -0.353. The van der Waals surface area contributed by atoms with Crippen LogP contribution in [0.3, 0.4) is 0 Å². The Balaban J connectivity index is 1.39. The van der Waals surface area contributed by atoms with Crippen LogP contribution in [0.15, 0.2) is 36.4 Å². The third-order valence-electron chi connectivity index (χ3n) is 4.40. The molecular weight excluding hydrogens is 436 g/mol. The zero-order chi connectivity index (χ0) is 21.8. The number of nitrogens with one attached hydrogen (secondary N) is 3. The van der Waals surface area contributed by atoms with Crippen molar-refractivity contribution in [2.24, 2.45) is 0 Å². The lowest BCUT2D eigenvalue weighted by molar-refractivity contribution is -0.116. The second-order valence-electron chi connectivity index (χ2n) is 6.77. The maximum absolute atomic E-state index is 12.5. The van der Waals surface area contributed by atoms with Crippen LogP contribution in [-0.4, -0.2) is 35.1 Å². The van der Waals surface area contributed by atoms with Crippen LogP contribution in [0.25, 0.3) is 10.2 Å². The highest BCUT2D eigenvalue weighted by molar-refractivity contribution is 7.80. The van der Waals surface area contributed by atoms with E-state index in [0.29, 0.717) is 47.5 Å². The normalized spacial score (nSPS) is 12.3. The first-order valence-corrected chi connectivity index (χ1v) is 11.0. The van der Waals surface area contributed by atoms with Crippen molar-refractivity contribution in [2.45, 2.75) is 19.8 Å². The number of fused-ring (bicyclic) bond motifs is 2. The largest absolute Gasteiger partial charge is 0.486 e. The first-order valence-electron chi connectivity index (χ1n) is 9.74. The van der Waals surface area contributed by atoms with E-state index in [1.54, 1.807) is 18.2 Å². The van der Waals surface area contributed by atoms with E-state index in [4.69, 9.17) is 21.7 Å². The molecule has 8 nitrogen and oxygen atoms in total. The number of nitrogens with zero attached hydrogens (tertiary/aromatic N) is 1. The van der Waals surface area contributed by atoms with Gasteiger partial charge < -0.3 is 20.1 Å². The number of benzene rings is 2. The second kappa shape index (κ2) is 9.27. The van der Waals surface area contributed by atoms with E-state index in [1.165, 1.54) is 11.3 Å². The van der Waals surface area contributed by atoms with Crippen LogP contribution in [0.2, 0.25) is 0 Å². The summed E-state index contributed by atoms with van der Waals surface area (Å²) in [5.41, 5.74) is 1.89. The maximum Gasteiger partial charge on any atom is 0.257 e. The molecule has 0 unspecified atom stereocenters. The number of hydrogen-bond acceptors (Lipinski definition) is 7. The number of ether oxygens (including phenoxy) is 2. The van der Waals surface area contributed by atoms with Gasteiger partial charge >= 0.3 is 0 Å². The summed E-state index contributed by atoms with van der Waals surface area (Å²) in [6.07, 6.45) is 1.24. The molecule has 3 aromatic rings. The molecule has 0 aliphatic carbocycles. The molecule has 0 saturated carbocycles. The number of rotatable bonds is 5. The summed E-state index contributed by atoms with van der Waals surface area (Å²) in [5, 5.41) is 9.19. The van der Waals surface area contributed by atoms with Gasteiger partial charge in [-0.15, -0.1) is 0 Å². The smallest absolute Gasteiger partial charge is 0.257 e. The summed E-state index contributed by atoms with van der Waals surface area (Å²) in [6.45, 7) is 2.89. The van der Waals surface area contributed by atoms with Gasteiger partial charge in [0.05, 0.1) is 10.2 Å². The molecule has 1 aliphatic heterocycles. The highest BCUT2D eigenvalue weighted by Gasteiger charge is 2.16. The Morgan fingerprint density at radius 3 is 2.71 bits per heavy atom. The number of hydrogen-bond donors (Lipinski definition) is 3. The van der Waals surface area contributed by atoms with Crippen LogP contribution in [-0.2, 0) is 4.79 Å². The summed E-state index contributed by atoms with van der Waals surface area (Å²) in [6, 6.07) is 10.5. The van der Waals surface area contributed by atoms with E-state index in [2.05, 4.69) is 20.9 Å². The van der Waals surface area contributed by atoms with E-state index in [-0.39, 0.29) is 16.9 Å². The van der Waals surface area contributed by atoms with Gasteiger partial charge in [0.25, 0.3) is 5.91 Å². The van der Waals surface area contributed by atoms with Gasteiger partial charge in [-0.1, -0.05) is 18.3 Å². The summed E-state index contributed by atoms with van der Waals surface area (Å²) in [5.74, 6) is 0.749. The molecule has 2 amide bonds. The Labute approximate surface area is 188 Å². The van der Waals surface area contributed by atoms with Crippen molar-refractivity contribution in [2.75, 3.05) is 23.8 Å². The predicted octanol–water partition coefficient (Wildman–Crippen LogP) is 3.93. The molecule has 2 aromatic carbocycles. The van der Waals surface area contributed by atoms with Gasteiger partial charge in [0.2, 0.25) is 5.91 Å². The van der Waals surface area contributed by atoms with Crippen LogP contribution in [0.1, 0.15) is 30.1 Å². The molecule has 0 bridgehead atoms. The van der Waals surface area contributed by atoms with E-state index >= 15 is 0 Å². The number of thiocarbonyl (C=S) groups is 1. The summed E-state index contributed by atoms with van der Waals surface area (Å²) in [4.78, 5) is 28.7. The van der Waals surface area contributed by atoms with Gasteiger partial charge in [0.15, 0.2) is 21.7 Å². The maximum atomic E-state index is 12.5. The first-order chi connectivity index (χ1) is 15.0. The van der Waals surface area contributed by atoms with E-state index in [9.17, 15) is 9.59 Å². The molecule has 4 rings (SSSR count). The van der Waals surface area contributed by atoms with Gasteiger partial charge in [0.1, 0.15) is 13.2 Å². The number of thiazole rings is 1. The average Bonchev–Trinajstić information content (AvgIpc) is 3.14. The Kier molecular flexibility index (Phi) is 6.28. The quantitative estimate of drug-likeness (QED) is 0.500. The molecule has 0 atom stereocenters. The van der Waals surface area contributed by atoms with Crippen LogP contribution < -0.4 is 25.4 Å². The summed E-state index contributed by atoms with van der Waals surface area (Å²) >= 11 is 6.66. The SMILES string of the molecule is CCCC(=O)Nc1nc2ccc(NC(=S)NC(=O)c3ccc4c(c3)OCCO4)cc2s1. The fraction of sp³-hybridized carbons (Fsp3) is 0.238. The monoisotopic (exact) mass is 456 g/mol. The molecule has 0 fully saturated rings. The Bertz CT molecular complexity index is 1160. The van der Waals surface area contributed by atoms with Crippen molar-refractivity contribution in [3.05, 3.63) is 42.0 Å². The number of carbonyl (C=O) groups is 2. The first kappa shape index (κ1) is 21.0. The minimum absolute atomic E-state index is 0.0528. The number of aromatic nitrogens is 1. The van der Waals surface area contributed by atoms with Crippen LogP contribution >= 0.6 is 23.6 Å². The van der Waals surface area contributed by atoms with E-state index < -0.39 is 0 Å². The lowest BCUT2D eigenvalue weighted by Crippen LogP contribution is -2.34. The Hall–Kier alpha value is -3.24. The molecule has 2 heterocycles. The third kappa shape index (κ3) is 5.09. The zero-order valence-electron chi connectivity index (χ0n) is 16.7. The number of carbonyl (C=O) groups excluding carboxylic acids is 2. The highest BCUT2D eigenvalue weighted by atomic mass is 32.1. The van der Waals surface area contributed by atoms with Crippen LogP contribution in [0, 0.1) is 0 Å². The fourth-order valence-corrected chi connectivity index (χ4v) is 4.12. The average molecular weight is 457 g/mol. The van der Waals surface area contributed by atoms with Crippen molar-refractivity contribution in [1.82, 2.24) is 10.3 Å². The van der Waals surface area contributed by atoms with Crippen LogP contribution in [0.4, 0.5) is 10.8 Å². The minimum Gasteiger partial charge on any atom is -0.486 e. The molecule has 0 spiro atoms. The lowest BCUT2D eigenvalue weighted by Gasteiger charge is -2.18. The predicted molar refractivity (Wildman–Crippen MR) is 124 cm³/mol. The van der Waals surface area contributed by atoms with Crippen molar-refractivity contribution < 1.29 is 19.1 Å². The molecule has 31 heavy (non-hydrogen) atoms. The molecular formula is C21H20N4O4S2. The van der Waals surface area contributed by atoms with Gasteiger partial charge in [-0.3, -0.25) is 14.9 Å². The molecule has 3 N–H and O–H groups in total. The topological polar surface area (TPSA) is 102 Å². The summed E-state index contributed by atoms with van der Waals surface area (Å²) < 4.78 is 11.9. The van der Waals surface area contributed by atoms with Crippen molar-refractivity contribution in [1.29, 1.82) is 0 Å². The zero-order valence-corrected chi connectivity index (χ0v) is 18.3. The molecule has 0 saturated heterocycles. The number of anilines is 2. The molecule has 1 aromatic heterocycles.